The Morgan fingerprint density at radius 3 is 2.23 bits per heavy atom. The number of amides is 4. The number of methoxy groups -OCH3 is 1. The van der Waals surface area contributed by atoms with Gasteiger partial charge in [0, 0.05) is 26.1 Å². The Morgan fingerprint density at radius 1 is 0.925 bits per heavy atom. The van der Waals surface area contributed by atoms with Crippen LogP contribution in [0.25, 0.3) is 0 Å². The summed E-state index contributed by atoms with van der Waals surface area (Å²) in [5.74, 6) is -0.365. The fourth-order valence-corrected chi connectivity index (χ4v) is 8.12. The van der Waals surface area contributed by atoms with E-state index in [2.05, 4.69) is 34.5 Å². The third-order valence-electron chi connectivity index (χ3n) is 9.73. The van der Waals surface area contributed by atoms with Crippen LogP contribution in [0.1, 0.15) is 64.0 Å². The summed E-state index contributed by atoms with van der Waals surface area (Å²) in [6.07, 6.45) is 4.04. The number of hydrogen-bond acceptors (Lipinski definition) is 8. The zero-order chi connectivity index (χ0) is 38.1. The number of rotatable bonds is 10. The van der Waals surface area contributed by atoms with Gasteiger partial charge in [0.25, 0.3) is 10.2 Å². The van der Waals surface area contributed by atoms with E-state index in [9.17, 15) is 27.6 Å². The number of nitrogens with one attached hydrogen (secondary N) is 4. The minimum atomic E-state index is -4.03. The Labute approximate surface area is 312 Å². The van der Waals surface area contributed by atoms with Crippen LogP contribution in [0.3, 0.4) is 0 Å². The molecule has 2 aromatic carbocycles. The molecular weight excluding hydrogens is 701 g/mol. The van der Waals surface area contributed by atoms with Gasteiger partial charge in [-0.15, -0.1) is 0 Å². The molecule has 0 spiro atoms. The zero-order valence-electron chi connectivity index (χ0n) is 31.1. The monoisotopic (exact) mass is 754 g/mol. The van der Waals surface area contributed by atoms with E-state index in [-0.39, 0.29) is 49.8 Å². The number of hydrogen-bond donors (Lipinski definition) is 4. The SMILES string of the molecule is COc1ccc(C[C@@H]2NC(=O)[C@@H](NS(=O)(=O)N3CCCC3)Cc3ccc(cc3)OC[C@H](CC(C)C)NC(=O)CN(CC3CC3)C(=O)[C@@H](C)NC2=O)cc1. The topological polar surface area (TPSA) is 175 Å². The largest absolute Gasteiger partial charge is 0.497 e. The van der Waals surface area contributed by atoms with Gasteiger partial charge in [-0.1, -0.05) is 38.1 Å². The van der Waals surface area contributed by atoms with Gasteiger partial charge in [-0.3, -0.25) is 19.2 Å². The lowest BCUT2D eigenvalue weighted by Crippen LogP contribution is -2.58. The molecule has 3 aliphatic heterocycles. The molecule has 15 heteroatoms. The summed E-state index contributed by atoms with van der Waals surface area (Å²) in [5, 5.41) is 8.63. The molecule has 1 saturated heterocycles. The molecule has 53 heavy (non-hydrogen) atoms. The van der Waals surface area contributed by atoms with Crippen molar-refractivity contribution in [2.75, 3.05) is 39.9 Å². The van der Waals surface area contributed by atoms with Crippen molar-refractivity contribution in [3.05, 3.63) is 59.7 Å². The maximum atomic E-state index is 14.1. The maximum absolute atomic E-state index is 14.1. The van der Waals surface area contributed by atoms with Crippen LogP contribution in [-0.2, 0) is 42.2 Å². The van der Waals surface area contributed by atoms with Crippen LogP contribution in [0.2, 0.25) is 0 Å². The number of carbonyl (C=O) groups is 4. The molecule has 290 valence electrons. The molecule has 4 aliphatic rings. The molecule has 1 aliphatic carbocycles. The summed E-state index contributed by atoms with van der Waals surface area (Å²) < 4.78 is 42.2. The highest BCUT2D eigenvalue weighted by Gasteiger charge is 2.35. The van der Waals surface area contributed by atoms with Gasteiger partial charge < -0.3 is 30.3 Å². The third-order valence-corrected chi connectivity index (χ3v) is 11.4. The number of benzene rings is 2. The summed E-state index contributed by atoms with van der Waals surface area (Å²) in [6.45, 7) is 6.76. The van der Waals surface area contributed by atoms with Crippen molar-refractivity contribution < 1.29 is 37.1 Å². The van der Waals surface area contributed by atoms with E-state index < -0.39 is 46.1 Å². The van der Waals surface area contributed by atoms with Crippen molar-refractivity contribution in [1.82, 2.24) is 29.9 Å². The third kappa shape index (κ3) is 11.9. The summed E-state index contributed by atoms with van der Waals surface area (Å²) in [5.41, 5.74) is 1.36. The van der Waals surface area contributed by atoms with Crippen molar-refractivity contribution in [3.8, 4) is 11.5 Å². The number of carbonyl (C=O) groups excluding carboxylic acids is 4. The fraction of sp³-hybridized carbons (Fsp3) is 0.579. The number of ether oxygens (including phenoxy) is 2. The Bertz CT molecular complexity index is 1680. The Morgan fingerprint density at radius 2 is 1.60 bits per heavy atom. The van der Waals surface area contributed by atoms with Gasteiger partial charge in [-0.2, -0.15) is 17.4 Å². The molecule has 4 N–H and O–H groups in total. The minimum absolute atomic E-state index is 0.00684. The normalized spacial score (nSPS) is 24.4. The molecule has 14 nitrogen and oxygen atoms in total. The molecule has 3 heterocycles. The lowest BCUT2D eigenvalue weighted by molar-refractivity contribution is -0.140. The molecule has 4 amide bonds. The standard InChI is InChI=1S/C38H54N6O8S/c1-25(2)19-30-24-52-32-15-11-28(12-16-32)21-34(42-53(49,50)44-17-5-6-18-44)37(47)41-33(20-27-9-13-31(51-4)14-10-27)36(46)39-26(3)38(48)43(22-29-7-8-29)23-35(45)40-30/h9-16,25-26,29-30,33-34,42H,5-8,17-24H2,1-4H3,(H,39,46)(H,40,45)(H,41,47)/t26-,30+,33+,34+/m1/s1. The molecule has 2 bridgehead atoms. The van der Waals surface area contributed by atoms with Crippen LogP contribution in [0, 0.1) is 11.8 Å². The van der Waals surface area contributed by atoms with Gasteiger partial charge in [0.2, 0.25) is 23.6 Å². The van der Waals surface area contributed by atoms with Crippen LogP contribution in [-0.4, -0.2) is 105 Å². The summed E-state index contributed by atoms with van der Waals surface area (Å²) in [6, 6.07) is 10.2. The molecule has 2 fully saturated rings. The molecule has 0 radical (unpaired) electrons. The van der Waals surface area contributed by atoms with E-state index in [0.29, 0.717) is 48.7 Å². The van der Waals surface area contributed by atoms with E-state index >= 15 is 0 Å². The van der Waals surface area contributed by atoms with Crippen LogP contribution < -0.4 is 30.1 Å². The first-order valence-electron chi connectivity index (χ1n) is 18.6. The summed E-state index contributed by atoms with van der Waals surface area (Å²) in [7, 11) is -2.49. The first-order valence-corrected chi connectivity index (χ1v) is 20.0. The van der Waals surface area contributed by atoms with Gasteiger partial charge >= 0.3 is 0 Å². The van der Waals surface area contributed by atoms with Crippen LogP contribution in [0.15, 0.2) is 48.5 Å². The second-order valence-corrected chi connectivity index (χ2v) is 16.5. The Balaban J connectivity index is 1.47. The van der Waals surface area contributed by atoms with E-state index in [0.717, 1.165) is 25.7 Å². The number of nitrogens with zero attached hydrogens (tertiary/aromatic N) is 2. The van der Waals surface area contributed by atoms with E-state index in [4.69, 9.17) is 9.47 Å². The predicted molar refractivity (Wildman–Crippen MR) is 199 cm³/mol. The first-order chi connectivity index (χ1) is 25.3. The van der Waals surface area contributed by atoms with Crippen molar-refractivity contribution in [2.45, 2.75) is 89.9 Å². The second-order valence-electron chi connectivity index (χ2n) is 14.8. The number of fused-ring (bicyclic) bond motifs is 17. The molecule has 0 unspecified atom stereocenters. The Hall–Kier alpha value is -4.21. The van der Waals surface area contributed by atoms with Gasteiger partial charge in [0.05, 0.1) is 19.7 Å². The average molecular weight is 755 g/mol. The molecule has 0 aromatic heterocycles. The summed E-state index contributed by atoms with van der Waals surface area (Å²) >= 11 is 0. The fourth-order valence-electron chi connectivity index (χ4n) is 6.68. The van der Waals surface area contributed by atoms with Gasteiger partial charge in [0.15, 0.2) is 0 Å². The van der Waals surface area contributed by atoms with E-state index in [1.54, 1.807) is 62.6 Å². The molecule has 4 atom stereocenters. The van der Waals surface area contributed by atoms with Gasteiger partial charge in [-0.25, -0.2) is 0 Å². The highest BCUT2D eigenvalue weighted by atomic mass is 32.2. The van der Waals surface area contributed by atoms with E-state index in [1.165, 1.54) is 9.21 Å². The molecular formula is C38H54N6O8S. The lowest BCUT2D eigenvalue weighted by atomic mass is 10.0. The van der Waals surface area contributed by atoms with Crippen LogP contribution >= 0.6 is 0 Å². The van der Waals surface area contributed by atoms with Crippen molar-refractivity contribution in [2.24, 2.45) is 11.8 Å². The smallest absolute Gasteiger partial charge is 0.280 e. The summed E-state index contributed by atoms with van der Waals surface area (Å²) in [4.78, 5) is 56.9. The van der Waals surface area contributed by atoms with Crippen molar-refractivity contribution in [1.29, 1.82) is 0 Å². The van der Waals surface area contributed by atoms with Crippen molar-refractivity contribution >= 4 is 33.8 Å². The molecule has 6 rings (SSSR count). The lowest BCUT2D eigenvalue weighted by Gasteiger charge is -2.29. The highest BCUT2D eigenvalue weighted by molar-refractivity contribution is 7.87. The second kappa shape index (κ2) is 18.2. The molecule has 1 saturated carbocycles. The van der Waals surface area contributed by atoms with Crippen LogP contribution in [0.4, 0.5) is 0 Å². The van der Waals surface area contributed by atoms with E-state index in [1.807, 2.05) is 0 Å². The maximum Gasteiger partial charge on any atom is 0.280 e. The Kier molecular flexibility index (Phi) is 13.7. The predicted octanol–water partition coefficient (Wildman–Crippen LogP) is 1.93. The quantitative estimate of drug-likeness (QED) is 0.266. The molecule has 2 aromatic rings. The van der Waals surface area contributed by atoms with Crippen molar-refractivity contribution in [3.63, 3.8) is 0 Å². The van der Waals surface area contributed by atoms with Gasteiger partial charge in [-0.05, 0) is 92.7 Å². The average Bonchev–Trinajstić information content (AvgIpc) is 3.75. The highest BCUT2D eigenvalue weighted by Crippen LogP contribution is 2.30. The zero-order valence-corrected chi connectivity index (χ0v) is 32.0. The first kappa shape index (κ1) is 40.0. The van der Waals surface area contributed by atoms with Gasteiger partial charge in [0.1, 0.15) is 36.2 Å². The van der Waals surface area contributed by atoms with Crippen LogP contribution in [0.5, 0.6) is 11.5 Å². The minimum Gasteiger partial charge on any atom is -0.497 e.